The van der Waals surface area contributed by atoms with Gasteiger partial charge >= 0.3 is 0 Å². The van der Waals surface area contributed by atoms with E-state index in [2.05, 4.69) is 249 Å². The molecule has 0 saturated carbocycles. The average molecular weight is 994 g/mol. The average Bonchev–Trinajstić information content (AvgIpc) is 3.57. The second-order valence-electron chi connectivity index (χ2n) is 19.4. The molecule has 13 aromatic rings. The number of nitrogens with zero attached hydrogens (tertiary/aromatic N) is 3. The van der Waals surface area contributed by atoms with Gasteiger partial charge in [0.05, 0.1) is 0 Å². The van der Waals surface area contributed by atoms with E-state index in [-0.39, 0.29) is 0 Å². The van der Waals surface area contributed by atoms with Gasteiger partial charge in [0.2, 0.25) is 0 Å². The van der Waals surface area contributed by atoms with Crippen molar-refractivity contribution in [1.29, 1.82) is 0 Å². The minimum atomic E-state index is 0.618. The number of hydrogen-bond donors (Lipinski definition) is 0. The third kappa shape index (κ3) is 9.53. The molecule has 0 N–H and O–H groups in total. The molecule has 3 nitrogen and oxygen atoms in total. The lowest BCUT2D eigenvalue weighted by Gasteiger charge is -2.29. The van der Waals surface area contributed by atoms with E-state index in [1.807, 2.05) is 60.7 Å². The lowest BCUT2D eigenvalue weighted by Crippen LogP contribution is -2.02. The highest BCUT2D eigenvalue weighted by atomic mass is 15.0. The molecule has 78 heavy (non-hydrogen) atoms. The number of aromatic nitrogens is 3. The quantitative estimate of drug-likeness (QED) is 0.122. The Balaban J connectivity index is 1.07. The van der Waals surface area contributed by atoms with Crippen LogP contribution in [0.3, 0.4) is 0 Å². The lowest BCUT2D eigenvalue weighted by molar-refractivity contribution is 1.07. The van der Waals surface area contributed by atoms with Gasteiger partial charge in [-0.15, -0.1) is 0 Å². The Morgan fingerprint density at radius 3 is 0.654 bits per heavy atom. The van der Waals surface area contributed by atoms with Crippen LogP contribution in [0.4, 0.5) is 0 Å². The van der Waals surface area contributed by atoms with Gasteiger partial charge in [0, 0.05) is 16.7 Å². The van der Waals surface area contributed by atoms with E-state index in [1.54, 1.807) is 0 Å². The Hall–Kier alpha value is -10.4. The van der Waals surface area contributed by atoms with Crippen molar-refractivity contribution in [1.82, 2.24) is 15.0 Å². The maximum Gasteiger partial charge on any atom is 0.164 e. The topological polar surface area (TPSA) is 38.7 Å². The second kappa shape index (κ2) is 21.5. The fourth-order valence-electron chi connectivity index (χ4n) is 10.9. The minimum Gasteiger partial charge on any atom is -0.208 e. The van der Waals surface area contributed by atoms with Gasteiger partial charge in [-0.2, -0.15) is 0 Å². The van der Waals surface area contributed by atoms with Crippen LogP contribution < -0.4 is 0 Å². The number of benzene rings is 12. The summed E-state index contributed by atoms with van der Waals surface area (Å²) in [5.41, 5.74) is 23.3. The third-order valence-electron chi connectivity index (χ3n) is 14.5. The summed E-state index contributed by atoms with van der Waals surface area (Å²) in [6, 6.07) is 111. The summed E-state index contributed by atoms with van der Waals surface area (Å²) in [6.45, 7) is 0. The van der Waals surface area contributed by atoms with Crippen LogP contribution in [-0.4, -0.2) is 15.0 Å². The standard InChI is InChI=1S/C75H51N3/c1-9-27-52(28-10-1)64-49-65(62-45-25-43-60(47-62)61-44-26-46-63(48-61)75-77-73(58-39-21-7-22-40-58)76-74(78-75)59-41-23-8-24-42-59)51-66(50-64)72-70(56-35-17-5-18-36-56)68(54-31-13-3-14-32-54)67(53-29-11-2-12-30-53)69(55-33-15-4-16-34-55)71(72)57-37-19-6-20-38-57/h1-51H. The highest BCUT2D eigenvalue weighted by Gasteiger charge is 2.29. The van der Waals surface area contributed by atoms with Crippen LogP contribution in [0.2, 0.25) is 0 Å². The van der Waals surface area contributed by atoms with Gasteiger partial charge in [0.25, 0.3) is 0 Å². The monoisotopic (exact) mass is 993 g/mol. The van der Waals surface area contributed by atoms with Gasteiger partial charge in [-0.25, -0.2) is 15.0 Å². The Morgan fingerprint density at radius 1 is 0.128 bits per heavy atom. The van der Waals surface area contributed by atoms with E-state index in [0.717, 1.165) is 89.0 Å². The predicted octanol–water partition coefficient (Wildman–Crippen LogP) is 19.9. The molecule has 0 atom stereocenters. The van der Waals surface area contributed by atoms with Gasteiger partial charge in [-0.1, -0.05) is 279 Å². The Bertz CT molecular complexity index is 4030. The molecule has 13 rings (SSSR count). The van der Waals surface area contributed by atoms with E-state index in [1.165, 1.54) is 27.8 Å². The zero-order valence-corrected chi connectivity index (χ0v) is 42.8. The molecule has 0 aliphatic carbocycles. The highest BCUT2D eigenvalue weighted by Crippen LogP contribution is 2.56. The largest absolute Gasteiger partial charge is 0.208 e. The zero-order chi connectivity index (χ0) is 52.0. The predicted molar refractivity (Wildman–Crippen MR) is 325 cm³/mol. The van der Waals surface area contributed by atoms with Crippen molar-refractivity contribution in [3.8, 4) is 134 Å². The van der Waals surface area contributed by atoms with E-state index < -0.39 is 0 Å². The van der Waals surface area contributed by atoms with Gasteiger partial charge in [-0.3, -0.25) is 0 Å². The first-order chi connectivity index (χ1) is 38.7. The first-order valence-corrected chi connectivity index (χ1v) is 26.5. The van der Waals surface area contributed by atoms with Crippen molar-refractivity contribution < 1.29 is 0 Å². The maximum absolute atomic E-state index is 5.09. The summed E-state index contributed by atoms with van der Waals surface area (Å²) in [7, 11) is 0. The first kappa shape index (κ1) is 47.4. The summed E-state index contributed by atoms with van der Waals surface area (Å²) in [4.78, 5) is 15.1. The number of rotatable bonds is 12. The maximum atomic E-state index is 5.09. The van der Waals surface area contributed by atoms with Crippen LogP contribution in [0.5, 0.6) is 0 Å². The fourth-order valence-corrected chi connectivity index (χ4v) is 10.9. The normalized spacial score (nSPS) is 11.1. The molecule has 0 bridgehead atoms. The van der Waals surface area contributed by atoms with E-state index in [4.69, 9.17) is 15.0 Å². The van der Waals surface area contributed by atoms with Gasteiger partial charge in [-0.05, 0) is 130 Å². The molecule has 0 amide bonds. The van der Waals surface area contributed by atoms with Crippen LogP contribution in [0.25, 0.3) is 134 Å². The summed E-state index contributed by atoms with van der Waals surface area (Å²) in [5, 5.41) is 0. The number of hydrogen-bond acceptors (Lipinski definition) is 3. The van der Waals surface area contributed by atoms with Crippen molar-refractivity contribution >= 4 is 0 Å². The summed E-state index contributed by atoms with van der Waals surface area (Å²) >= 11 is 0. The second-order valence-corrected chi connectivity index (χ2v) is 19.4. The fraction of sp³-hybridized carbons (Fsp3) is 0. The van der Waals surface area contributed by atoms with Gasteiger partial charge in [0.15, 0.2) is 17.5 Å². The molecular formula is C75H51N3. The van der Waals surface area contributed by atoms with E-state index in [0.29, 0.717) is 17.5 Å². The molecule has 0 unspecified atom stereocenters. The van der Waals surface area contributed by atoms with Crippen molar-refractivity contribution in [2.75, 3.05) is 0 Å². The zero-order valence-electron chi connectivity index (χ0n) is 42.8. The molecule has 12 aromatic carbocycles. The van der Waals surface area contributed by atoms with Crippen molar-refractivity contribution in [3.63, 3.8) is 0 Å². The van der Waals surface area contributed by atoms with Crippen LogP contribution in [-0.2, 0) is 0 Å². The van der Waals surface area contributed by atoms with Gasteiger partial charge < -0.3 is 0 Å². The highest BCUT2D eigenvalue weighted by molar-refractivity contribution is 6.15. The van der Waals surface area contributed by atoms with Crippen molar-refractivity contribution in [3.05, 3.63) is 309 Å². The summed E-state index contributed by atoms with van der Waals surface area (Å²) in [6.07, 6.45) is 0. The molecule has 0 saturated heterocycles. The molecule has 366 valence electrons. The first-order valence-electron chi connectivity index (χ1n) is 26.5. The molecule has 1 aromatic heterocycles. The molecule has 0 spiro atoms. The Morgan fingerprint density at radius 2 is 0.321 bits per heavy atom. The lowest BCUT2D eigenvalue weighted by atomic mass is 9.73. The molecular weight excluding hydrogens is 943 g/mol. The van der Waals surface area contributed by atoms with E-state index in [9.17, 15) is 0 Å². The van der Waals surface area contributed by atoms with Crippen molar-refractivity contribution in [2.45, 2.75) is 0 Å². The van der Waals surface area contributed by atoms with Crippen LogP contribution in [0, 0.1) is 0 Å². The SMILES string of the molecule is c1ccc(-c2cc(-c3cccc(-c4cccc(-c5nc(-c6ccccc6)nc(-c6ccccc6)n5)c4)c3)cc(-c3c(-c4ccccc4)c(-c4ccccc4)c(-c4ccccc4)c(-c4ccccc4)c3-c3ccccc3)c2)cc1. The summed E-state index contributed by atoms with van der Waals surface area (Å²) in [5.74, 6) is 1.88. The molecule has 1 heterocycles. The Labute approximate surface area is 456 Å². The Kier molecular flexibility index (Phi) is 13.0. The van der Waals surface area contributed by atoms with Crippen molar-refractivity contribution in [2.24, 2.45) is 0 Å². The smallest absolute Gasteiger partial charge is 0.164 e. The summed E-state index contributed by atoms with van der Waals surface area (Å²) < 4.78 is 0. The van der Waals surface area contributed by atoms with Crippen LogP contribution in [0.1, 0.15) is 0 Å². The molecule has 0 aliphatic heterocycles. The van der Waals surface area contributed by atoms with Crippen LogP contribution in [0.15, 0.2) is 309 Å². The molecule has 0 aliphatic rings. The molecule has 3 heteroatoms. The van der Waals surface area contributed by atoms with Gasteiger partial charge in [0.1, 0.15) is 0 Å². The molecule has 0 radical (unpaired) electrons. The van der Waals surface area contributed by atoms with Crippen LogP contribution >= 0.6 is 0 Å². The molecule has 0 fully saturated rings. The minimum absolute atomic E-state index is 0.618. The van der Waals surface area contributed by atoms with E-state index >= 15 is 0 Å². The third-order valence-corrected chi connectivity index (χ3v) is 14.5.